The number of carbonyl (C=O) groups is 2. The molecule has 2 amide bonds. The summed E-state index contributed by atoms with van der Waals surface area (Å²) in [5.74, 6) is -0.433. The van der Waals surface area contributed by atoms with Gasteiger partial charge in [0.2, 0.25) is 0 Å². The summed E-state index contributed by atoms with van der Waals surface area (Å²) in [6.45, 7) is 5.56. The van der Waals surface area contributed by atoms with Crippen LogP contribution in [0.25, 0.3) is 5.57 Å². The maximum absolute atomic E-state index is 13.7. The molecule has 168 valence electrons. The molecule has 2 heterocycles. The second-order valence-electron chi connectivity index (χ2n) is 8.94. The van der Waals surface area contributed by atoms with E-state index in [0.717, 1.165) is 43.2 Å². The predicted molar refractivity (Wildman–Crippen MR) is 127 cm³/mol. The average molecular weight is 433 g/mol. The first-order valence-electron chi connectivity index (χ1n) is 11.7. The van der Waals surface area contributed by atoms with E-state index in [0.29, 0.717) is 30.0 Å². The van der Waals surface area contributed by atoms with Crippen LogP contribution in [0.5, 0.6) is 0 Å². The second-order valence-corrected chi connectivity index (χ2v) is 8.94. The number of aliphatic hydroxyl groups is 1. The summed E-state index contributed by atoms with van der Waals surface area (Å²) in [7, 11) is 0. The maximum atomic E-state index is 13.7. The fraction of sp³-hybridized carbons (Fsp3) is 0.407. The summed E-state index contributed by atoms with van der Waals surface area (Å²) in [6.07, 6.45) is 5.07. The number of amides is 2. The highest BCUT2D eigenvalue weighted by Gasteiger charge is 2.43. The van der Waals surface area contributed by atoms with Crippen LogP contribution < -0.4 is 4.90 Å². The Bertz CT molecular complexity index is 1010. The van der Waals surface area contributed by atoms with Gasteiger partial charge in [-0.2, -0.15) is 0 Å². The van der Waals surface area contributed by atoms with E-state index >= 15 is 0 Å². The third kappa shape index (κ3) is 4.35. The molecule has 0 aromatic heterocycles. The number of nitrogens with zero attached hydrogens (tertiary/aromatic N) is 2. The molecule has 1 N–H and O–H groups in total. The zero-order chi connectivity index (χ0) is 22.7. The van der Waals surface area contributed by atoms with Crippen LogP contribution in [0.3, 0.4) is 0 Å². The van der Waals surface area contributed by atoms with E-state index in [-0.39, 0.29) is 24.3 Å². The summed E-state index contributed by atoms with van der Waals surface area (Å²) >= 11 is 0. The number of piperidine rings is 1. The molecule has 5 heteroatoms. The molecule has 1 atom stereocenters. The molecule has 32 heavy (non-hydrogen) atoms. The Morgan fingerprint density at radius 2 is 1.72 bits per heavy atom. The lowest BCUT2D eigenvalue weighted by Crippen LogP contribution is -2.40. The number of imide groups is 1. The quantitative estimate of drug-likeness (QED) is 0.662. The normalized spacial score (nSPS) is 19.3. The van der Waals surface area contributed by atoms with E-state index in [1.165, 1.54) is 10.5 Å². The van der Waals surface area contributed by atoms with E-state index in [9.17, 15) is 14.7 Å². The molecule has 0 aliphatic carbocycles. The van der Waals surface area contributed by atoms with E-state index < -0.39 is 0 Å². The standard InChI is InChI=1S/C27H32N2O3/c1-3-4-6-20-10-14-23(15-11-20)29-26(31)24(22-12-8-19(2)9-13-22)25(27(29)32)28-16-5-7-21(17-28)18-30/h8-15,21,30H,3-7,16-18H2,1-2H3. The molecule has 1 fully saturated rings. The molecule has 2 aliphatic rings. The number of hydrogen-bond acceptors (Lipinski definition) is 4. The number of likely N-dealkylation sites (tertiary alicyclic amines) is 1. The Morgan fingerprint density at radius 3 is 2.38 bits per heavy atom. The van der Waals surface area contributed by atoms with Gasteiger partial charge in [-0.3, -0.25) is 9.59 Å². The van der Waals surface area contributed by atoms with Crippen molar-refractivity contribution in [1.82, 2.24) is 4.90 Å². The first-order chi connectivity index (χ1) is 15.5. The summed E-state index contributed by atoms with van der Waals surface area (Å²) in [5.41, 5.74) is 4.61. The first kappa shape index (κ1) is 22.3. The highest BCUT2D eigenvalue weighted by atomic mass is 16.3. The van der Waals surface area contributed by atoms with Gasteiger partial charge in [-0.15, -0.1) is 0 Å². The fourth-order valence-electron chi connectivity index (χ4n) is 4.64. The highest BCUT2D eigenvalue weighted by molar-refractivity contribution is 6.45. The summed E-state index contributed by atoms with van der Waals surface area (Å²) in [4.78, 5) is 30.6. The van der Waals surface area contributed by atoms with Crippen LogP contribution in [0.2, 0.25) is 0 Å². The molecule has 0 saturated carbocycles. The van der Waals surface area contributed by atoms with Gasteiger partial charge in [-0.25, -0.2) is 4.90 Å². The van der Waals surface area contributed by atoms with Gasteiger partial charge in [0, 0.05) is 19.7 Å². The van der Waals surface area contributed by atoms with Crippen molar-refractivity contribution < 1.29 is 14.7 Å². The van der Waals surface area contributed by atoms with Crippen molar-refractivity contribution >= 4 is 23.1 Å². The highest BCUT2D eigenvalue weighted by Crippen LogP contribution is 2.36. The monoisotopic (exact) mass is 432 g/mol. The number of hydrogen-bond donors (Lipinski definition) is 1. The minimum Gasteiger partial charge on any atom is -0.396 e. The molecule has 4 rings (SSSR count). The van der Waals surface area contributed by atoms with Crippen LogP contribution in [-0.4, -0.2) is 41.5 Å². The van der Waals surface area contributed by atoms with Crippen molar-refractivity contribution in [2.45, 2.75) is 46.0 Å². The van der Waals surface area contributed by atoms with Gasteiger partial charge in [0.1, 0.15) is 5.70 Å². The van der Waals surface area contributed by atoms with E-state index in [4.69, 9.17) is 0 Å². The predicted octanol–water partition coefficient (Wildman–Crippen LogP) is 4.33. The lowest BCUT2D eigenvalue weighted by molar-refractivity contribution is -0.120. The second kappa shape index (κ2) is 9.70. The lowest BCUT2D eigenvalue weighted by Gasteiger charge is -2.34. The molecule has 0 radical (unpaired) electrons. The van der Waals surface area contributed by atoms with Crippen LogP contribution in [0.15, 0.2) is 54.2 Å². The molecular weight excluding hydrogens is 400 g/mol. The Balaban J connectivity index is 1.72. The van der Waals surface area contributed by atoms with Crippen molar-refractivity contribution in [3.8, 4) is 0 Å². The van der Waals surface area contributed by atoms with Gasteiger partial charge in [0.05, 0.1) is 11.3 Å². The van der Waals surface area contributed by atoms with Crippen LogP contribution in [0.1, 0.15) is 49.3 Å². The number of aryl methyl sites for hydroxylation is 2. The zero-order valence-electron chi connectivity index (χ0n) is 19.0. The Labute approximate surface area is 190 Å². The Morgan fingerprint density at radius 1 is 1.00 bits per heavy atom. The SMILES string of the molecule is CCCCc1ccc(N2C(=O)C(c3ccc(C)cc3)=C(N3CCCC(CO)C3)C2=O)cc1. The summed E-state index contributed by atoms with van der Waals surface area (Å²) in [6, 6.07) is 15.6. The van der Waals surface area contributed by atoms with Gasteiger partial charge in [-0.1, -0.05) is 55.3 Å². The smallest absolute Gasteiger partial charge is 0.282 e. The number of anilines is 1. The van der Waals surface area contributed by atoms with Crippen molar-refractivity contribution in [3.05, 3.63) is 70.9 Å². The van der Waals surface area contributed by atoms with Crippen LogP contribution in [0.4, 0.5) is 5.69 Å². The summed E-state index contributed by atoms with van der Waals surface area (Å²) < 4.78 is 0. The minimum absolute atomic E-state index is 0.0920. The van der Waals surface area contributed by atoms with Gasteiger partial charge < -0.3 is 10.0 Å². The number of unbranched alkanes of at least 4 members (excludes halogenated alkanes) is 1. The zero-order valence-corrected chi connectivity index (χ0v) is 19.0. The van der Waals surface area contributed by atoms with Gasteiger partial charge in [0.25, 0.3) is 11.8 Å². The number of rotatable bonds is 7. The molecule has 2 aromatic carbocycles. The lowest BCUT2D eigenvalue weighted by atomic mass is 9.96. The number of carbonyl (C=O) groups excluding carboxylic acids is 2. The van der Waals surface area contributed by atoms with Crippen molar-refractivity contribution in [3.63, 3.8) is 0 Å². The average Bonchev–Trinajstić information content (AvgIpc) is 3.08. The molecule has 1 unspecified atom stereocenters. The Hall–Kier alpha value is -2.92. The molecule has 1 saturated heterocycles. The largest absolute Gasteiger partial charge is 0.396 e. The van der Waals surface area contributed by atoms with Crippen LogP contribution >= 0.6 is 0 Å². The van der Waals surface area contributed by atoms with Crippen molar-refractivity contribution in [1.29, 1.82) is 0 Å². The third-order valence-electron chi connectivity index (χ3n) is 6.51. The van der Waals surface area contributed by atoms with Crippen LogP contribution in [-0.2, 0) is 16.0 Å². The maximum Gasteiger partial charge on any atom is 0.282 e. The van der Waals surface area contributed by atoms with E-state index in [1.807, 2.05) is 60.4 Å². The number of aliphatic hydroxyl groups excluding tert-OH is 1. The van der Waals surface area contributed by atoms with E-state index in [2.05, 4.69) is 6.92 Å². The molecule has 2 aliphatic heterocycles. The van der Waals surface area contributed by atoms with Gasteiger partial charge in [0.15, 0.2) is 0 Å². The van der Waals surface area contributed by atoms with Gasteiger partial charge in [-0.05, 0) is 61.8 Å². The molecule has 2 aromatic rings. The van der Waals surface area contributed by atoms with Crippen molar-refractivity contribution in [2.75, 3.05) is 24.6 Å². The molecule has 0 bridgehead atoms. The minimum atomic E-state index is -0.277. The fourth-order valence-corrected chi connectivity index (χ4v) is 4.64. The number of benzene rings is 2. The Kier molecular flexibility index (Phi) is 6.75. The van der Waals surface area contributed by atoms with E-state index in [1.54, 1.807) is 0 Å². The first-order valence-corrected chi connectivity index (χ1v) is 11.7. The summed E-state index contributed by atoms with van der Waals surface area (Å²) in [5, 5.41) is 9.70. The van der Waals surface area contributed by atoms with Crippen LogP contribution in [0, 0.1) is 12.8 Å². The van der Waals surface area contributed by atoms with Gasteiger partial charge >= 0.3 is 0 Å². The third-order valence-corrected chi connectivity index (χ3v) is 6.51. The topological polar surface area (TPSA) is 60.9 Å². The molecule has 0 spiro atoms. The molecular formula is C27H32N2O3. The van der Waals surface area contributed by atoms with Crippen molar-refractivity contribution in [2.24, 2.45) is 5.92 Å². The molecule has 5 nitrogen and oxygen atoms in total.